The Bertz CT molecular complexity index is 1700. The van der Waals surface area contributed by atoms with Gasteiger partial charge in [-0.15, -0.1) is 0 Å². The zero-order valence-electron chi connectivity index (χ0n) is 27.0. The molecule has 0 fully saturated rings. The second-order valence-corrected chi connectivity index (χ2v) is 12.8. The molecule has 0 radical (unpaired) electrons. The number of rotatable bonds is 13. The highest BCUT2D eigenvalue weighted by molar-refractivity contribution is 7.51. The second-order valence-electron chi connectivity index (χ2n) is 10.00. The number of nitrogens with zero attached hydrogens (tertiary/aromatic N) is 3. The van der Waals surface area contributed by atoms with Gasteiger partial charge >= 0.3 is 31.7 Å². The summed E-state index contributed by atoms with van der Waals surface area (Å²) in [4.78, 5) is 60.9. The number of ether oxygens (including phenoxy) is 2. The van der Waals surface area contributed by atoms with Crippen LogP contribution < -0.4 is 20.7 Å². The lowest BCUT2D eigenvalue weighted by atomic mass is 10.2. The number of hydrogen-bond donors (Lipinski definition) is 7. The molecule has 51 heavy (non-hydrogen) atoms. The number of halogens is 6. The van der Waals surface area contributed by atoms with Crippen molar-refractivity contribution in [1.82, 2.24) is 20.3 Å². The Labute approximate surface area is 303 Å². The highest BCUT2D eigenvalue weighted by atomic mass is 35.5. The van der Waals surface area contributed by atoms with Crippen molar-refractivity contribution in [2.24, 2.45) is 0 Å². The van der Waals surface area contributed by atoms with Crippen molar-refractivity contribution >= 4 is 72.2 Å². The van der Waals surface area contributed by atoms with Gasteiger partial charge in [0.15, 0.2) is 6.10 Å². The van der Waals surface area contributed by atoms with E-state index in [4.69, 9.17) is 64.3 Å². The predicted octanol–water partition coefficient (Wildman–Crippen LogP) is 6.01. The second kappa shape index (κ2) is 20.8. The number of benzene rings is 2. The van der Waals surface area contributed by atoms with Crippen molar-refractivity contribution < 1.29 is 61.6 Å². The maximum Gasteiger partial charge on any atom is 0.416 e. The Morgan fingerprint density at radius 2 is 1.57 bits per heavy atom. The van der Waals surface area contributed by atoms with Gasteiger partial charge in [0.1, 0.15) is 11.5 Å². The molecule has 7 N–H and O–H groups in total. The summed E-state index contributed by atoms with van der Waals surface area (Å²) in [5, 5.41) is 24.7. The number of hydrogen-bond acceptors (Lipinski definition) is 12. The zero-order chi connectivity index (χ0) is 39.1. The summed E-state index contributed by atoms with van der Waals surface area (Å²) in [5.41, 5.74) is -1.12. The molecule has 0 aliphatic rings. The first-order valence-corrected chi connectivity index (χ1v) is 17.1. The Kier molecular flexibility index (Phi) is 18.4. The fraction of sp³-hybridized carbons (Fsp3) is 0.357. The average Bonchev–Trinajstić information content (AvgIpc) is 2.97. The first kappa shape index (κ1) is 45.1. The summed E-state index contributed by atoms with van der Waals surface area (Å²) in [6.07, 6.45) is -6.55. The van der Waals surface area contributed by atoms with Crippen molar-refractivity contribution in [3.63, 3.8) is 0 Å². The van der Waals surface area contributed by atoms with Gasteiger partial charge in [0.05, 0.1) is 34.0 Å². The molecule has 1 atom stereocenters. The molecule has 282 valence electrons. The maximum atomic E-state index is 12.7. The third-order valence-electron chi connectivity index (χ3n) is 5.23. The standard InChI is InChI=1S/C17H11Cl2F3O5.C8H14ClN5.C3H8NO5P/c1-8(15(23)24)26-16(25)11-7-10(3-4-12(11)18)27-14-5-2-9(6-13(14)19)17(20,21)22;1-4-10-7-12-6(9)13-8(14-7)11-5(2)3;5-3(6)1-4-2-10(7,8)9/h2-8H,1H3,(H,23,24);5H,4H2,1-3H3,(H2,10,11,12,13,14);4H,1-2H2,(H,5,6)(H2,7,8,9)/t8-;;/m0../s1. The molecule has 23 heteroatoms. The van der Waals surface area contributed by atoms with Gasteiger partial charge in [0.25, 0.3) is 0 Å². The maximum absolute atomic E-state index is 12.7. The third-order valence-corrected chi connectivity index (χ3v) is 6.66. The summed E-state index contributed by atoms with van der Waals surface area (Å²) in [6.45, 7) is 7.45. The Hall–Kier alpha value is -3.97. The zero-order valence-corrected chi connectivity index (χ0v) is 30.2. The van der Waals surface area contributed by atoms with Crippen molar-refractivity contribution in [3.8, 4) is 11.5 Å². The fourth-order valence-electron chi connectivity index (χ4n) is 3.10. The monoisotopic (exact) mass is 806 g/mol. The van der Waals surface area contributed by atoms with Gasteiger partial charge < -0.3 is 40.1 Å². The van der Waals surface area contributed by atoms with Crippen LogP contribution in [-0.2, 0) is 25.1 Å². The van der Waals surface area contributed by atoms with E-state index in [0.29, 0.717) is 18.0 Å². The molecule has 3 rings (SSSR count). The topological polar surface area (TPSA) is 242 Å². The van der Waals surface area contributed by atoms with E-state index < -0.39 is 56.2 Å². The van der Waals surface area contributed by atoms with Gasteiger partial charge in [-0.3, -0.25) is 14.7 Å². The minimum atomic E-state index is -4.56. The number of esters is 1. The van der Waals surface area contributed by atoms with Crippen LogP contribution >= 0.6 is 42.4 Å². The van der Waals surface area contributed by atoms with Gasteiger partial charge in [-0.1, -0.05) is 23.2 Å². The van der Waals surface area contributed by atoms with Gasteiger partial charge in [-0.05, 0) is 75.7 Å². The van der Waals surface area contributed by atoms with Gasteiger partial charge in [-0.2, -0.15) is 28.1 Å². The van der Waals surface area contributed by atoms with Crippen molar-refractivity contribution in [1.29, 1.82) is 0 Å². The highest BCUT2D eigenvalue weighted by Crippen LogP contribution is 2.37. The van der Waals surface area contributed by atoms with Crippen LogP contribution in [0.2, 0.25) is 15.3 Å². The number of nitrogens with one attached hydrogen (secondary N) is 3. The summed E-state index contributed by atoms with van der Waals surface area (Å²) in [7, 11) is -4.10. The molecule has 0 aliphatic heterocycles. The van der Waals surface area contributed by atoms with Crippen molar-refractivity contribution in [3.05, 3.63) is 62.9 Å². The predicted molar refractivity (Wildman–Crippen MR) is 181 cm³/mol. The van der Waals surface area contributed by atoms with E-state index in [1.807, 2.05) is 20.8 Å². The number of alkyl halides is 3. The quantitative estimate of drug-likeness (QED) is 0.0773. The average molecular weight is 808 g/mol. The van der Waals surface area contributed by atoms with Crippen LogP contribution in [0.3, 0.4) is 0 Å². The molecule has 0 saturated heterocycles. The van der Waals surface area contributed by atoms with Gasteiger partial charge in [0.2, 0.25) is 17.2 Å². The number of aromatic nitrogens is 3. The van der Waals surface area contributed by atoms with E-state index in [9.17, 15) is 32.1 Å². The number of anilines is 2. The molecule has 0 bridgehead atoms. The molecule has 3 aromatic rings. The molecule has 16 nitrogen and oxygen atoms in total. The molecule has 2 aromatic carbocycles. The normalized spacial score (nSPS) is 11.6. The molecule has 0 saturated carbocycles. The van der Waals surface area contributed by atoms with E-state index in [1.54, 1.807) is 0 Å². The molecule has 1 aromatic heterocycles. The molecule has 0 unspecified atom stereocenters. The van der Waals surface area contributed by atoms with E-state index in [-0.39, 0.29) is 38.4 Å². The number of carboxylic acid groups (broad SMARTS) is 2. The van der Waals surface area contributed by atoms with Crippen LogP contribution in [0.5, 0.6) is 11.5 Å². The van der Waals surface area contributed by atoms with Crippen LogP contribution in [0.25, 0.3) is 0 Å². The number of aliphatic carboxylic acids is 2. The molecular weight excluding hydrogens is 775 g/mol. The Morgan fingerprint density at radius 1 is 0.941 bits per heavy atom. The van der Waals surface area contributed by atoms with Crippen LogP contribution in [0.4, 0.5) is 25.1 Å². The Morgan fingerprint density at radius 3 is 2.08 bits per heavy atom. The molecule has 1 heterocycles. The van der Waals surface area contributed by atoms with E-state index in [0.717, 1.165) is 31.7 Å². The van der Waals surface area contributed by atoms with Crippen LogP contribution in [0.1, 0.15) is 43.6 Å². The molecular formula is C28H33Cl3F3N6O10P. The molecule has 0 aliphatic carbocycles. The molecule has 0 amide bonds. The van der Waals surface area contributed by atoms with Crippen LogP contribution in [-0.4, -0.2) is 84.4 Å². The van der Waals surface area contributed by atoms with E-state index in [2.05, 4.69) is 30.9 Å². The number of carbonyl (C=O) groups is 3. The summed E-state index contributed by atoms with van der Waals surface area (Å²) >= 11 is 17.4. The number of carboxylic acids is 2. The fourth-order valence-corrected chi connectivity index (χ4v) is 4.08. The summed E-state index contributed by atoms with van der Waals surface area (Å²) in [6, 6.07) is 6.60. The lowest BCUT2D eigenvalue weighted by Crippen LogP contribution is -2.23. The van der Waals surface area contributed by atoms with Crippen molar-refractivity contribution in [2.75, 3.05) is 30.0 Å². The number of carbonyl (C=O) groups excluding carboxylic acids is 1. The SMILES string of the molecule is CCNc1nc(Cl)nc(NC(C)C)n1.C[C@H](OC(=O)c1cc(Oc2ccc(C(F)(F)F)cc2Cl)ccc1Cl)C(=O)O.O=C(O)CNCP(=O)(O)O. The van der Waals surface area contributed by atoms with Crippen molar-refractivity contribution in [2.45, 2.75) is 46.0 Å². The van der Waals surface area contributed by atoms with E-state index in [1.165, 1.54) is 12.1 Å². The van der Waals surface area contributed by atoms with E-state index >= 15 is 0 Å². The van der Waals surface area contributed by atoms with Gasteiger partial charge in [0, 0.05) is 12.6 Å². The third kappa shape index (κ3) is 18.2. The van der Waals surface area contributed by atoms with Gasteiger partial charge in [-0.25, -0.2) is 9.59 Å². The minimum absolute atomic E-state index is 0.0246. The summed E-state index contributed by atoms with van der Waals surface area (Å²) in [5.74, 6) is -2.54. The van der Waals surface area contributed by atoms with Crippen LogP contribution in [0.15, 0.2) is 36.4 Å². The summed E-state index contributed by atoms with van der Waals surface area (Å²) < 4.78 is 58.2. The minimum Gasteiger partial charge on any atom is -0.480 e. The smallest absolute Gasteiger partial charge is 0.416 e. The molecule has 0 spiro atoms. The first-order valence-electron chi connectivity index (χ1n) is 14.2. The highest BCUT2D eigenvalue weighted by Gasteiger charge is 2.31. The lowest BCUT2D eigenvalue weighted by molar-refractivity contribution is -0.146. The largest absolute Gasteiger partial charge is 0.480 e. The first-order chi connectivity index (χ1) is 23.5. The van der Waals surface area contributed by atoms with Crippen LogP contribution in [0, 0.1) is 0 Å². The lowest BCUT2D eigenvalue weighted by Gasteiger charge is -2.13. The Balaban J connectivity index is 0.000000450.